The maximum absolute atomic E-state index is 11.5. The third-order valence-electron chi connectivity index (χ3n) is 4.76. The van der Waals surface area contributed by atoms with Crippen LogP contribution >= 0.6 is 0 Å². The van der Waals surface area contributed by atoms with Crippen molar-refractivity contribution >= 4 is 5.97 Å². The first kappa shape index (κ1) is 9.19. The van der Waals surface area contributed by atoms with Crippen LogP contribution in [-0.4, -0.2) is 46.3 Å². The van der Waals surface area contributed by atoms with Gasteiger partial charge >= 0.3 is 5.97 Å². The Morgan fingerprint density at radius 3 is 3.31 bits per heavy atom. The Hall–Kier alpha value is -0.870. The number of hydrogen-bond acceptors (Lipinski definition) is 4. The lowest BCUT2D eigenvalue weighted by Crippen LogP contribution is -2.44. The molecule has 4 aliphatic rings. The van der Waals surface area contributed by atoms with E-state index in [1.54, 1.807) is 6.08 Å². The normalized spacial score (nSPS) is 49.9. The first-order valence-corrected chi connectivity index (χ1v) is 6.08. The number of ether oxygens (including phenoxy) is 1. The summed E-state index contributed by atoms with van der Waals surface area (Å²) in [5, 5.41) is 10.1. The van der Waals surface area contributed by atoms with Crippen LogP contribution in [0.4, 0.5) is 0 Å². The molecule has 4 atom stereocenters. The SMILES string of the molecule is O=C1C=C2CC(O)C3CC2(O1)C1CCCN31. The van der Waals surface area contributed by atoms with Gasteiger partial charge in [0.15, 0.2) is 5.60 Å². The largest absolute Gasteiger partial charge is 0.450 e. The summed E-state index contributed by atoms with van der Waals surface area (Å²) in [6.45, 7) is 1.04. The highest BCUT2D eigenvalue weighted by Crippen LogP contribution is 2.54. The van der Waals surface area contributed by atoms with Gasteiger partial charge in [-0.3, -0.25) is 4.90 Å². The molecule has 1 N–H and O–H groups in total. The zero-order valence-electron chi connectivity index (χ0n) is 9.06. The van der Waals surface area contributed by atoms with Crippen LogP contribution in [0.15, 0.2) is 11.6 Å². The Labute approximate surface area is 93.9 Å². The number of fused-ring (bicyclic) bond motifs is 3. The minimum absolute atomic E-state index is 0.204. The fourth-order valence-corrected chi connectivity index (χ4v) is 4.19. The zero-order valence-corrected chi connectivity index (χ0v) is 9.06. The number of esters is 1. The summed E-state index contributed by atoms with van der Waals surface area (Å²) in [5.74, 6) is -0.211. The van der Waals surface area contributed by atoms with E-state index in [2.05, 4.69) is 4.90 Å². The van der Waals surface area contributed by atoms with E-state index in [4.69, 9.17) is 4.74 Å². The Kier molecular flexibility index (Phi) is 1.54. The van der Waals surface area contributed by atoms with Crippen molar-refractivity contribution in [2.24, 2.45) is 0 Å². The number of nitrogens with zero attached hydrogens (tertiary/aromatic N) is 1. The van der Waals surface area contributed by atoms with Gasteiger partial charge in [-0.25, -0.2) is 4.79 Å². The van der Waals surface area contributed by atoms with Crippen LogP contribution < -0.4 is 0 Å². The van der Waals surface area contributed by atoms with E-state index in [0.29, 0.717) is 12.5 Å². The summed E-state index contributed by atoms with van der Waals surface area (Å²) in [7, 11) is 0. The van der Waals surface area contributed by atoms with Crippen molar-refractivity contribution in [1.29, 1.82) is 0 Å². The molecule has 4 nitrogen and oxygen atoms in total. The Morgan fingerprint density at radius 2 is 2.44 bits per heavy atom. The first-order valence-electron chi connectivity index (χ1n) is 6.08. The molecule has 1 spiro atoms. The van der Waals surface area contributed by atoms with E-state index in [0.717, 1.165) is 31.4 Å². The predicted octanol–water partition coefficient (Wildman–Crippen LogP) is 0.210. The molecule has 0 radical (unpaired) electrons. The highest BCUT2D eigenvalue weighted by molar-refractivity contribution is 5.87. The Bertz CT molecular complexity index is 405. The second-order valence-electron chi connectivity index (χ2n) is 5.42. The molecule has 2 saturated heterocycles. The second kappa shape index (κ2) is 2.68. The number of rotatable bonds is 0. The number of aliphatic hydroxyl groups excluding tert-OH is 1. The zero-order chi connectivity index (χ0) is 10.9. The maximum Gasteiger partial charge on any atom is 0.331 e. The number of aliphatic hydroxyl groups is 1. The molecule has 0 aromatic rings. The molecule has 3 fully saturated rings. The highest BCUT2D eigenvalue weighted by atomic mass is 16.6. The summed E-state index contributed by atoms with van der Waals surface area (Å²) in [5.41, 5.74) is 0.674. The lowest BCUT2D eigenvalue weighted by molar-refractivity contribution is -0.148. The molecule has 4 rings (SSSR count). The first-order chi connectivity index (χ1) is 7.71. The molecule has 4 heteroatoms. The van der Waals surface area contributed by atoms with Crippen LogP contribution in [0.5, 0.6) is 0 Å². The number of hydrogen-bond donors (Lipinski definition) is 1. The molecule has 0 aromatic carbocycles. The van der Waals surface area contributed by atoms with Gasteiger partial charge < -0.3 is 9.84 Å². The van der Waals surface area contributed by atoms with Crippen molar-refractivity contribution in [2.75, 3.05) is 6.54 Å². The third kappa shape index (κ3) is 0.870. The minimum atomic E-state index is -0.364. The molecule has 4 unspecified atom stereocenters. The van der Waals surface area contributed by atoms with Gasteiger partial charge in [-0.1, -0.05) is 0 Å². The van der Waals surface area contributed by atoms with E-state index in [9.17, 15) is 9.90 Å². The van der Waals surface area contributed by atoms with Gasteiger partial charge in [0.2, 0.25) is 0 Å². The van der Waals surface area contributed by atoms with E-state index in [1.807, 2.05) is 0 Å². The third-order valence-corrected chi connectivity index (χ3v) is 4.76. The monoisotopic (exact) mass is 221 g/mol. The van der Waals surface area contributed by atoms with Crippen LogP contribution in [0.1, 0.15) is 25.7 Å². The molecular weight excluding hydrogens is 206 g/mol. The molecule has 1 saturated carbocycles. The van der Waals surface area contributed by atoms with Gasteiger partial charge in [0.05, 0.1) is 12.1 Å². The molecule has 0 amide bonds. The molecule has 16 heavy (non-hydrogen) atoms. The van der Waals surface area contributed by atoms with Gasteiger partial charge in [0.25, 0.3) is 0 Å². The molecular formula is C12H15NO3. The van der Waals surface area contributed by atoms with Crippen molar-refractivity contribution < 1.29 is 14.6 Å². The quantitative estimate of drug-likeness (QED) is 0.594. The molecule has 2 bridgehead atoms. The molecule has 86 valence electrons. The summed E-state index contributed by atoms with van der Waals surface area (Å²) >= 11 is 0. The molecule has 3 heterocycles. The standard InChI is InChI=1S/C12H15NO3/c14-9-4-7-5-11(15)16-12(7)6-8(9)13-3-1-2-10(12)13/h5,8-10,14H,1-4,6H2. The van der Waals surface area contributed by atoms with Gasteiger partial charge in [-0.05, 0) is 25.0 Å². The van der Waals surface area contributed by atoms with Crippen LogP contribution in [0.2, 0.25) is 0 Å². The Morgan fingerprint density at radius 1 is 1.56 bits per heavy atom. The van der Waals surface area contributed by atoms with Gasteiger partial charge in [0.1, 0.15) is 0 Å². The predicted molar refractivity (Wildman–Crippen MR) is 55.7 cm³/mol. The van der Waals surface area contributed by atoms with Crippen molar-refractivity contribution in [3.05, 3.63) is 11.6 Å². The highest BCUT2D eigenvalue weighted by Gasteiger charge is 2.64. The lowest BCUT2D eigenvalue weighted by Gasteiger charge is -2.34. The van der Waals surface area contributed by atoms with Gasteiger partial charge in [-0.15, -0.1) is 0 Å². The molecule has 3 aliphatic heterocycles. The van der Waals surface area contributed by atoms with Crippen molar-refractivity contribution in [1.82, 2.24) is 4.90 Å². The van der Waals surface area contributed by atoms with Crippen LogP contribution in [0.3, 0.4) is 0 Å². The van der Waals surface area contributed by atoms with Crippen LogP contribution in [0.25, 0.3) is 0 Å². The average Bonchev–Trinajstić information content (AvgIpc) is 2.83. The fraction of sp³-hybridized carbons (Fsp3) is 0.750. The fourth-order valence-electron chi connectivity index (χ4n) is 4.19. The molecule has 1 aliphatic carbocycles. The van der Waals surface area contributed by atoms with Gasteiger partial charge in [0, 0.05) is 25.0 Å². The molecule has 0 aromatic heterocycles. The minimum Gasteiger partial charge on any atom is -0.450 e. The topological polar surface area (TPSA) is 49.8 Å². The van der Waals surface area contributed by atoms with Crippen LogP contribution in [-0.2, 0) is 9.53 Å². The summed E-state index contributed by atoms with van der Waals surface area (Å²) < 4.78 is 5.62. The Balaban J connectivity index is 1.85. The van der Waals surface area contributed by atoms with E-state index < -0.39 is 0 Å². The van der Waals surface area contributed by atoms with Crippen molar-refractivity contribution in [3.8, 4) is 0 Å². The van der Waals surface area contributed by atoms with E-state index >= 15 is 0 Å². The smallest absolute Gasteiger partial charge is 0.331 e. The number of carbonyl (C=O) groups is 1. The average molecular weight is 221 g/mol. The lowest BCUT2D eigenvalue weighted by atomic mass is 9.76. The number of carbonyl (C=O) groups excluding carboxylic acids is 1. The van der Waals surface area contributed by atoms with E-state index in [1.165, 1.54) is 0 Å². The summed E-state index contributed by atoms with van der Waals surface area (Å²) in [4.78, 5) is 13.9. The van der Waals surface area contributed by atoms with Crippen molar-refractivity contribution in [2.45, 2.75) is 49.5 Å². The van der Waals surface area contributed by atoms with Gasteiger partial charge in [-0.2, -0.15) is 0 Å². The maximum atomic E-state index is 11.5. The van der Waals surface area contributed by atoms with Crippen LogP contribution in [0, 0.1) is 0 Å². The summed E-state index contributed by atoms with van der Waals surface area (Å²) in [6.07, 6.45) is 4.95. The second-order valence-corrected chi connectivity index (χ2v) is 5.42. The summed E-state index contributed by atoms with van der Waals surface area (Å²) in [6, 6.07) is 0.530. The van der Waals surface area contributed by atoms with Crippen molar-refractivity contribution in [3.63, 3.8) is 0 Å². The van der Waals surface area contributed by atoms with E-state index in [-0.39, 0.29) is 23.7 Å².